The van der Waals surface area contributed by atoms with E-state index in [2.05, 4.69) is 0 Å². The topological polar surface area (TPSA) is 132 Å². The van der Waals surface area contributed by atoms with Crippen LogP contribution in [0.5, 0.6) is 0 Å². The van der Waals surface area contributed by atoms with Crippen LogP contribution in [0, 0.1) is 0 Å². The summed E-state index contributed by atoms with van der Waals surface area (Å²) >= 11 is 0. The van der Waals surface area contributed by atoms with Gasteiger partial charge in [-0.25, -0.2) is 0 Å². The molecule has 0 aliphatic heterocycles. The molecule has 0 aromatic heterocycles. The van der Waals surface area contributed by atoms with Crippen molar-refractivity contribution in [2.24, 2.45) is 0 Å². The summed E-state index contributed by atoms with van der Waals surface area (Å²) in [6, 6.07) is 7.23. The van der Waals surface area contributed by atoms with Crippen LogP contribution in [0.2, 0.25) is 0 Å². The van der Waals surface area contributed by atoms with Crippen LogP contribution in [0.3, 0.4) is 0 Å². The van der Waals surface area contributed by atoms with Gasteiger partial charge in [0.05, 0.1) is 0 Å². The van der Waals surface area contributed by atoms with Crippen molar-refractivity contribution in [3.8, 4) is 0 Å². The third-order valence-corrected chi connectivity index (χ3v) is 2.00. The Morgan fingerprint density at radius 2 is 1.33 bits per heavy atom. The average molecular weight is 300 g/mol. The van der Waals surface area contributed by atoms with E-state index in [1.54, 1.807) is 6.07 Å². The maximum absolute atomic E-state index is 10.3. The molecule has 1 aromatic carbocycles. The van der Waals surface area contributed by atoms with E-state index in [0.29, 0.717) is 0 Å². The van der Waals surface area contributed by atoms with Crippen molar-refractivity contribution >= 4 is 21.5 Å². The van der Waals surface area contributed by atoms with Crippen LogP contribution in [0.25, 0.3) is 0 Å². The summed E-state index contributed by atoms with van der Waals surface area (Å²) in [6.07, 6.45) is 0. The van der Waals surface area contributed by atoms with Crippen molar-refractivity contribution in [1.82, 2.24) is 0 Å². The summed E-state index contributed by atoms with van der Waals surface area (Å²) in [5.41, 5.74) is 0. The minimum absolute atomic E-state index is 0. The third-order valence-electron chi connectivity index (χ3n) is 1.07. The van der Waals surface area contributed by atoms with Gasteiger partial charge in [0.15, 0.2) is 0 Å². The Labute approximate surface area is 101 Å². The molecule has 0 radical (unpaired) electrons. The Morgan fingerprint density at radius 3 is 1.53 bits per heavy atom. The van der Waals surface area contributed by atoms with Gasteiger partial charge in [0.2, 0.25) is 0 Å². The van der Waals surface area contributed by atoms with Gasteiger partial charge in [0.25, 0.3) is 0 Å². The maximum atomic E-state index is 10.3. The summed E-state index contributed by atoms with van der Waals surface area (Å²) < 4.78 is 10.3. The zero-order valence-electron chi connectivity index (χ0n) is 7.44. The zero-order chi connectivity index (χ0) is 11.2. The molecule has 0 N–H and O–H groups in total. The SMILES string of the molecule is O=P([O-])([O-])c1ccccc1.[O-]P([O-])[O-].[Zn+2]. The first-order valence-corrected chi connectivity index (χ1v) is 5.87. The number of rotatable bonds is 1. The van der Waals surface area contributed by atoms with Gasteiger partial charge in [-0.1, -0.05) is 30.3 Å². The largest absolute Gasteiger partial charge is 2.00 e. The molecule has 0 aliphatic carbocycles. The number of benzene rings is 1. The molecule has 1 rings (SSSR count). The van der Waals surface area contributed by atoms with Crippen LogP contribution in [0.15, 0.2) is 30.3 Å². The van der Waals surface area contributed by atoms with E-state index in [1.165, 1.54) is 24.3 Å². The van der Waals surface area contributed by atoms with Crippen LogP contribution in [0.4, 0.5) is 0 Å². The van der Waals surface area contributed by atoms with Crippen LogP contribution in [-0.4, -0.2) is 0 Å². The van der Waals surface area contributed by atoms with E-state index in [4.69, 9.17) is 14.7 Å². The Balaban J connectivity index is 0. The fourth-order valence-corrected chi connectivity index (χ4v) is 1.15. The molecular formula is C6H5O6P2Zn-3. The summed E-state index contributed by atoms with van der Waals surface area (Å²) in [5.74, 6) is 0. The average Bonchev–Trinajstić information content (AvgIpc) is 2.03. The molecule has 80 valence electrons. The second kappa shape index (κ2) is 8.45. The van der Waals surface area contributed by atoms with Crippen LogP contribution in [0.1, 0.15) is 0 Å². The molecule has 0 amide bonds. The molecule has 0 saturated heterocycles. The molecule has 15 heavy (non-hydrogen) atoms. The Kier molecular flexibility index (Phi) is 9.97. The van der Waals surface area contributed by atoms with Crippen molar-refractivity contribution in [1.29, 1.82) is 0 Å². The molecule has 1 aromatic rings. The minimum atomic E-state index is -4.52. The molecule has 0 spiro atoms. The van der Waals surface area contributed by atoms with E-state index in [-0.39, 0.29) is 24.8 Å². The van der Waals surface area contributed by atoms with Crippen molar-refractivity contribution in [3.63, 3.8) is 0 Å². The molecule has 0 atom stereocenters. The van der Waals surface area contributed by atoms with Crippen LogP contribution in [-0.2, 0) is 24.0 Å². The van der Waals surface area contributed by atoms with Gasteiger partial charge in [0.1, 0.15) is 0 Å². The summed E-state index contributed by atoms with van der Waals surface area (Å²) in [5, 5.41) is -0.157. The van der Waals surface area contributed by atoms with Crippen molar-refractivity contribution in [2.75, 3.05) is 0 Å². The Bertz CT molecular complexity index is 297. The molecule has 9 heteroatoms. The monoisotopic (exact) mass is 299 g/mol. The molecule has 6 nitrogen and oxygen atoms in total. The predicted molar refractivity (Wildman–Crippen MR) is 40.6 cm³/mol. The number of hydrogen-bond acceptors (Lipinski definition) is 6. The van der Waals surface area contributed by atoms with Crippen molar-refractivity contribution in [3.05, 3.63) is 30.3 Å². The van der Waals surface area contributed by atoms with Gasteiger partial charge in [-0.15, -0.1) is 0 Å². The third kappa shape index (κ3) is 10.6. The summed E-state index contributed by atoms with van der Waals surface area (Å²) in [6.45, 7) is 0. The summed E-state index contributed by atoms with van der Waals surface area (Å²) in [7, 11) is -7.89. The van der Waals surface area contributed by atoms with Gasteiger partial charge in [0, 0.05) is 0 Å². The number of hydrogen-bond donors (Lipinski definition) is 0. The predicted octanol–water partition coefficient (Wildman–Crippen LogP) is -3.48. The van der Waals surface area contributed by atoms with E-state index < -0.39 is 16.2 Å². The fourth-order valence-electron chi connectivity index (χ4n) is 0.611. The first-order chi connectivity index (χ1) is 6.34. The van der Waals surface area contributed by atoms with Gasteiger partial charge in [-0.05, 0) is 12.9 Å². The molecule has 0 fully saturated rings. The second-order valence-corrected chi connectivity index (χ2v) is 4.02. The van der Waals surface area contributed by atoms with Crippen molar-refractivity contribution in [2.45, 2.75) is 0 Å². The van der Waals surface area contributed by atoms with Crippen LogP contribution < -0.4 is 29.8 Å². The maximum Gasteiger partial charge on any atom is 2.00 e. The van der Waals surface area contributed by atoms with E-state index in [9.17, 15) is 14.4 Å². The Morgan fingerprint density at radius 1 is 1.00 bits per heavy atom. The van der Waals surface area contributed by atoms with Gasteiger partial charge in [-0.2, -0.15) is 0 Å². The fraction of sp³-hybridized carbons (Fsp3) is 0. The smallest absolute Gasteiger partial charge is 0.854 e. The van der Waals surface area contributed by atoms with E-state index >= 15 is 0 Å². The van der Waals surface area contributed by atoms with Gasteiger partial charge < -0.3 is 37.6 Å². The molecule has 0 aliphatic rings. The molecular weight excluding hydrogens is 295 g/mol. The molecule has 0 heterocycles. The molecule has 0 unspecified atom stereocenters. The zero-order valence-corrected chi connectivity index (χ0v) is 12.2. The first-order valence-electron chi connectivity index (χ1n) is 3.23. The standard InChI is InChI=1S/C6H7O3P.O3P.Zn/c7-10(8,9)6-4-2-1-3-5-6;1-4(2)3;/h1-5H,(H2,7,8,9);;/q;-3;+2/p-2. The molecule has 0 bridgehead atoms. The van der Waals surface area contributed by atoms with Gasteiger partial charge in [-0.3, -0.25) is 0 Å². The van der Waals surface area contributed by atoms with Crippen molar-refractivity contribution < 1.29 is 48.5 Å². The van der Waals surface area contributed by atoms with Crippen LogP contribution >= 0.6 is 16.2 Å². The van der Waals surface area contributed by atoms with E-state index in [0.717, 1.165) is 0 Å². The minimum Gasteiger partial charge on any atom is -0.854 e. The summed E-state index contributed by atoms with van der Waals surface area (Å²) in [4.78, 5) is 46.1. The second-order valence-electron chi connectivity index (χ2n) is 2.06. The van der Waals surface area contributed by atoms with Gasteiger partial charge >= 0.3 is 19.5 Å². The quantitative estimate of drug-likeness (QED) is 0.391. The first kappa shape index (κ1) is 17.7. The normalized spacial score (nSPS) is 10.0. The molecule has 0 saturated carbocycles. The van der Waals surface area contributed by atoms with E-state index in [1.807, 2.05) is 0 Å². The Hall–Kier alpha value is 0.303.